The second-order valence-electron chi connectivity index (χ2n) is 2.51. The fraction of sp³-hybridized carbons (Fsp3) is 0.500. The summed E-state index contributed by atoms with van der Waals surface area (Å²) in [6.07, 6.45) is 0.514. The van der Waals surface area contributed by atoms with Gasteiger partial charge in [0.2, 0.25) is 5.88 Å². The van der Waals surface area contributed by atoms with Crippen LogP contribution in [-0.2, 0) is 6.54 Å². The molecule has 0 aliphatic heterocycles. The van der Waals surface area contributed by atoms with Gasteiger partial charge in [-0.2, -0.15) is 0 Å². The minimum atomic E-state index is -0.186. The van der Waals surface area contributed by atoms with Crippen LogP contribution in [0.3, 0.4) is 0 Å². The number of aryl methyl sites for hydroxylation is 1. The Balaban J connectivity index is 2.84. The summed E-state index contributed by atoms with van der Waals surface area (Å²) in [5.41, 5.74) is -0.186. The van der Waals surface area contributed by atoms with Crippen LogP contribution in [-0.4, -0.2) is 28.6 Å². The number of rotatable bonds is 4. The van der Waals surface area contributed by atoms with E-state index in [2.05, 4.69) is 5.10 Å². The number of nitrogens with zero attached hydrogens (tertiary/aromatic N) is 2. The third kappa shape index (κ3) is 2.55. The van der Waals surface area contributed by atoms with Gasteiger partial charge in [-0.15, -0.1) is 5.10 Å². The van der Waals surface area contributed by atoms with Gasteiger partial charge in [0.25, 0.3) is 5.56 Å². The maximum Gasteiger partial charge on any atom is 0.266 e. The average Bonchev–Trinajstić information content (AvgIpc) is 2.17. The van der Waals surface area contributed by atoms with Crippen molar-refractivity contribution in [3.8, 4) is 5.88 Å². The van der Waals surface area contributed by atoms with E-state index >= 15 is 0 Å². The van der Waals surface area contributed by atoms with Crippen LogP contribution in [0.4, 0.5) is 0 Å². The second-order valence-corrected chi connectivity index (χ2v) is 2.51. The maximum atomic E-state index is 11.2. The summed E-state index contributed by atoms with van der Waals surface area (Å²) >= 11 is 0. The minimum absolute atomic E-state index is 0.0470. The summed E-state index contributed by atoms with van der Waals surface area (Å²) in [4.78, 5) is 11.2. The molecule has 0 aliphatic rings. The molecule has 0 saturated heterocycles. The first-order chi connectivity index (χ1) is 6.27. The molecule has 13 heavy (non-hydrogen) atoms. The first kappa shape index (κ1) is 9.73. The van der Waals surface area contributed by atoms with Gasteiger partial charge in [0.15, 0.2) is 0 Å². The van der Waals surface area contributed by atoms with Gasteiger partial charge in [-0.25, -0.2) is 4.68 Å². The summed E-state index contributed by atoms with van der Waals surface area (Å²) in [5.74, 6) is 0.400. The molecule has 0 bridgehead atoms. The van der Waals surface area contributed by atoms with E-state index < -0.39 is 0 Å². The SMILES string of the molecule is COc1ccc(=O)n(CCCO)n1. The first-order valence-electron chi connectivity index (χ1n) is 4.01. The first-order valence-corrected chi connectivity index (χ1v) is 4.01. The van der Waals surface area contributed by atoms with E-state index in [4.69, 9.17) is 9.84 Å². The quantitative estimate of drug-likeness (QED) is 0.693. The van der Waals surface area contributed by atoms with Crippen LogP contribution in [0.25, 0.3) is 0 Å². The summed E-state index contributed by atoms with van der Waals surface area (Å²) in [6.45, 7) is 0.456. The van der Waals surface area contributed by atoms with E-state index in [0.717, 1.165) is 0 Å². The van der Waals surface area contributed by atoms with Crippen LogP contribution < -0.4 is 10.3 Å². The lowest BCUT2D eigenvalue weighted by molar-refractivity contribution is 0.273. The molecule has 5 nitrogen and oxygen atoms in total. The highest BCUT2D eigenvalue weighted by Gasteiger charge is 1.98. The van der Waals surface area contributed by atoms with Gasteiger partial charge in [-0.3, -0.25) is 4.79 Å². The van der Waals surface area contributed by atoms with E-state index in [9.17, 15) is 4.79 Å². The number of methoxy groups -OCH3 is 1. The molecule has 0 spiro atoms. The van der Waals surface area contributed by atoms with E-state index in [-0.39, 0.29) is 12.2 Å². The van der Waals surface area contributed by atoms with Crippen LogP contribution in [0.5, 0.6) is 5.88 Å². The third-order valence-electron chi connectivity index (χ3n) is 1.58. The Bertz CT molecular complexity index is 321. The van der Waals surface area contributed by atoms with Crippen LogP contribution in [0.1, 0.15) is 6.42 Å². The number of hydrogen-bond donors (Lipinski definition) is 1. The zero-order valence-electron chi connectivity index (χ0n) is 7.43. The smallest absolute Gasteiger partial charge is 0.266 e. The zero-order valence-corrected chi connectivity index (χ0v) is 7.43. The van der Waals surface area contributed by atoms with Crippen molar-refractivity contribution in [3.63, 3.8) is 0 Å². The van der Waals surface area contributed by atoms with Crippen molar-refractivity contribution in [1.29, 1.82) is 0 Å². The average molecular weight is 184 g/mol. The molecule has 0 amide bonds. The van der Waals surface area contributed by atoms with Crippen molar-refractivity contribution in [2.24, 2.45) is 0 Å². The van der Waals surface area contributed by atoms with Crippen molar-refractivity contribution in [1.82, 2.24) is 9.78 Å². The molecule has 1 aromatic heterocycles. The molecule has 0 saturated carbocycles. The van der Waals surface area contributed by atoms with E-state index in [1.807, 2.05) is 0 Å². The second kappa shape index (κ2) is 4.61. The van der Waals surface area contributed by atoms with E-state index in [1.54, 1.807) is 0 Å². The maximum absolute atomic E-state index is 11.2. The van der Waals surface area contributed by atoms with Gasteiger partial charge in [-0.05, 0) is 6.42 Å². The summed E-state index contributed by atoms with van der Waals surface area (Å²) < 4.78 is 6.13. The molecular formula is C8H12N2O3. The van der Waals surface area contributed by atoms with Gasteiger partial charge in [0.1, 0.15) is 0 Å². The van der Waals surface area contributed by atoms with Gasteiger partial charge < -0.3 is 9.84 Å². The monoisotopic (exact) mass is 184 g/mol. The predicted octanol–water partition coefficient (Wildman–Crippen LogP) is -0.366. The molecule has 5 heteroatoms. The van der Waals surface area contributed by atoms with Gasteiger partial charge in [0, 0.05) is 25.3 Å². The molecule has 0 atom stereocenters. The van der Waals surface area contributed by atoms with Crippen molar-refractivity contribution in [3.05, 3.63) is 22.5 Å². The molecule has 0 fully saturated rings. The lowest BCUT2D eigenvalue weighted by Gasteiger charge is -2.04. The number of aliphatic hydroxyl groups is 1. The summed E-state index contributed by atoms with van der Waals surface area (Å²) in [5, 5.41) is 12.5. The zero-order chi connectivity index (χ0) is 9.68. The molecule has 0 aliphatic carbocycles. The van der Waals surface area contributed by atoms with Crippen LogP contribution in [0.15, 0.2) is 16.9 Å². The molecule has 1 rings (SSSR count). The lowest BCUT2D eigenvalue weighted by atomic mass is 10.4. The van der Waals surface area contributed by atoms with Crippen LogP contribution >= 0.6 is 0 Å². The van der Waals surface area contributed by atoms with Crippen LogP contribution in [0, 0.1) is 0 Å². The normalized spacial score (nSPS) is 10.0. The van der Waals surface area contributed by atoms with Crippen molar-refractivity contribution in [2.45, 2.75) is 13.0 Å². The number of aliphatic hydroxyl groups excluding tert-OH is 1. The minimum Gasteiger partial charge on any atom is -0.480 e. The van der Waals surface area contributed by atoms with Gasteiger partial charge in [0.05, 0.1) is 7.11 Å². The Kier molecular flexibility index (Phi) is 3.45. The molecule has 0 aromatic carbocycles. The highest BCUT2D eigenvalue weighted by atomic mass is 16.5. The lowest BCUT2D eigenvalue weighted by Crippen LogP contribution is -2.22. The Morgan fingerprint density at radius 2 is 2.38 bits per heavy atom. The predicted molar refractivity (Wildman–Crippen MR) is 46.8 cm³/mol. The molecular weight excluding hydrogens is 172 g/mol. The van der Waals surface area contributed by atoms with Crippen molar-refractivity contribution in [2.75, 3.05) is 13.7 Å². The molecule has 1 aromatic rings. The Morgan fingerprint density at radius 1 is 1.62 bits per heavy atom. The van der Waals surface area contributed by atoms with Crippen molar-refractivity contribution < 1.29 is 9.84 Å². The fourth-order valence-electron chi connectivity index (χ4n) is 0.920. The van der Waals surface area contributed by atoms with E-state index in [0.29, 0.717) is 18.8 Å². The molecule has 0 radical (unpaired) electrons. The third-order valence-corrected chi connectivity index (χ3v) is 1.58. The number of hydrogen-bond acceptors (Lipinski definition) is 4. The Hall–Kier alpha value is -1.36. The van der Waals surface area contributed by atoms with E-state index in [1.165, 1.54) is 23.9 Å². The summed E-state index contributed by atoms with van der Waals surface area (Å²) in [6, 6.07) is 2.90. The summed E-state index contributed by atoms with van der Waals surface area (Å²) in [7, 11) is 1.49. The Morgan fingerprint density at radius 3 is 3.00 bits per heavy atom. The Labute approximate surface area is 75.6 Å². The van der Waals surface area contributed by atoms with Crippen molar-refractivity contribution >= 4 is 0 Å². The highest BCUT2D eigenvalue weighted by molar-refractivity contribution is 5.05. The number of ether oxygens (including phenoxy) is 1. The largest absolute Gasteiger partial charge is 0.480 e. The van der Waals surface area contributed by atoms with Gasteiger partial charge in [-0.1, -0.05) is 0 Å². The standard InChI is InChI=1S/C8H12N2O3/c1-13-7-3-4-8(12)10(9-7)5-2-6-11/h3-4,11H,2,5-6H2,1H3. The van der Waals surface area contributed by atoms with Gasteiger partial charge >= 0.3 is 0 Å². The van der Waals surface area contributed by atoms with Crippen LogP contribution in [0.2, 0.25) is 0 Å². The fourth-order valence-corrected chi connectivity index (χ4v) is 0.920. The molecule has 1 heterocycles. The topological polar surface area (TPSA) is 64.3 Å². The number of aromatic nitrogens is 2. The molecule has 0 unspecified atom stereocenters. The highest BCUT2D eigenvalue weighted by Crippen LogP contribution is 1.99. The molecule has 72 valence electrons. The molecule has 1 N–H and O–H groups in total.